The largest absolute Gasteiger partial charge is 0.516 e. The van der Waals surface area contributed by atoms with Crippen molar-refractivity contribution in [1.82, 2.24) is 0 Å². The summed E-state index contributed by atoms with van der Waals surface area (Å²) in [5.41, 5.74) is 4.47. The highest BCUT2D eigenvalue weighted by Crippen LogP contribution is 2.04. The summed E-state index contributed by atoms with van der Waals surface area (Å²) in [6.07, 6.45) is 4.90. The van der Waals surface area contributed by atoms with Gasteiger partial charge in [-0.15, -0.1) is 0 Å². The second kappa shape index (κ2) is 17.9. The lowest BCUT2D eigenvalue weighted by Crippen LogP contribution is -2.01. The zero-order valence-electron chi connectivity index (χ0n) is 9.92. The maximum absolute atomic E-state index is 9.22. The highest BCUT2D eigenvalue weighted by atomic mass is 16.2. The first-order chi connectivity index (χ1) is 6.42. The first-order valence-electron chi connectivity index (χ1n) is 4.93. The molecule has 1 amide bonds. The predicted octanol–water partition coefficient (Wildman–Crippen LogP) is 3.01. The van der Waals surface area contributed by atoms with E-state index in [1.54, 1.807) is 0 Å². The molecule has 0 aliphatic rings. The summed E-state index contributed by atoms with van der Waals surface area (Å²) < 4.78 is 0. The quantitative estimate of drug-likeness (QED) is 0.692. The summed E-state index contributed by atoms with van der Waals surface area (Å²) in [4.78, 5) is 9.22. The fraction of sp³-hybridized carbons (Fsp3) is 0.727. The molecule has 0 radical (unpaired) electrons. The molecule has 0 spiro atoms. The molecule has 0 saturated carbocycles. The Labute approximate surface area is 88.0 Å². The number of nitrogens with two attached hydrogens (primary N) is 1. The van der Waals surface area contributed by atoms with Crippen molar-refractivity contribution in [3.8, 4) is 0 Å². The van der Waals surface area contributed by atoms with E-state index in [4.69, 9.17) is 5.11 Å². The van der Waals surface area contributed by atoms with Gasteiger partial charge in [-0.3, -0.25) is 4.79 Å². The molecule has 0 saturated heterocycles. The Balaban J connectivity index is -0.000000147. The number of carbonyl (C=O) groups is 1. The molecule has 0 heterocycles. The molecular formula is C11H25NO2. The van der Waals surface area contributed by atoms with Crippen molar-refractivity contribution in [3.05, 3.63) is 12.8 Å². The Bertz CT molecular complexity index is 118. The van der Waals surface area contributed by atoms with Crippen LogP contribution in [0.3, 0.4) is 0 Å². The minimum absolute atomic E-state index is 0.333. The van der Waals surface area contributed by atoms with Gasteiger partial charge in [0.1, 0.15) is 0 Å². The molecule has 3 heteroatoms. The standard InChI is InChI=1S/C7H16.C2H5NO.C2H4O/c1-4-5-6-7(2)3;1-2(3)4;1-2-3/h7H,4-6H2,1-3H3;1H3,(H2,3,4);2-3H,1H2. The predicted molar refractivity (Wildman–Crippen MR) is 62.1 cm³/mol. The number of unbranched alkanes of at least 4 members (excludes halogenated alkanes) is 1. The van der Waals surface area contributed by atoms with Crippen molar-refractivity contribution in [2.24, 2.45) is 11.7 Å². The zero-order valence-corrected chi connectivity index (χ0v) is 9.92. The van der Waals surface area contributed by atoms with Crippen LogP contribution in [0.25, 0.3) is 0 Å². The Kier molecular flexibility index (Phi) is 24.0. The van der Waals surface area contributed by atoms with Crippen LogP contribution in [0.2, 0.25) is 0 Å². The molecule has 0 aromatic heterocycles. The lowest BCUT2D eigenvalue weighted by Gasteiger charge is -1.98. The van der Waals surface area contributed by atoms with Crippen LogP contribution >= 0.6 is 0 Å². The van der Waals surface area contributed by atoms with Gasteiger partial charge in [0.2, 0.25) is 5.91 Å². The SMILES string of the molecule is C=CO.CC(N)=O.CCCCC(C)C. The van der Waals surface area contributed by atoms with E-state index in [-0.39, 0.29) is 5.91 Å². The van der Waals surface area contributed by atoms with Crippen LogP contribution in [0.5, 0.6) is 0 Å². The van der Waals surface area contributed by atoms with Gasteiger partial charge in [0.05, 0.1) is 6.26 Å². The number of aliphatic hydroxyl groups is 1. The first-order valence-corrected chi connectivity index (χ1v) is 4.93. The van der Waals surface area contributed by atoms with Crippen molar-refractivity contribution < 1.29 is 9.90 Å². The van der Waals surface area contributed by atoms with E-state index in [1.165, 1.54) is 26.2 Å². The van der Waals surface area contributed by atoms with Gasteiger partial charge >= 0.3 is 0 Å². The summed E-state index contributed by atoms with van der Waals surface area (Å²) in [7, 11) is 0. The summed E-state index contributed by atoms with van der Waals surface area (Å²) >= 11 is 0. The van der Waals surface area contributed by atoms with Gasteiger partial charge in [0.15, 0.2) is 0 Å². The van der Waals surface area contributed by atoms with Gasteiger partial charge in [-0.1, -0.05) is 46.6 Å². The maximum atomic E-state index is 9.22. The highest BCUT2D eigenvalue weighted by molar-refractivity contribution is 5.70. The normalized spacial score (nSPS) is 7.79. The number of hydrogen-bond donors (Lipinski definition) is 2. The molecule has 14 heavy (non-hydrogen) atoms. The van der Waals surface area contributed by atoms with Crippen LogP contribution in [0.1, 0.15) is 47.0 Å². The lowest BCUT2D eigenvalue weighted by molar-refractivity contribution is -0.115. The van der Waals surface area contributed by atoms with E-state index < -0.39 is 0 Å². The minimum atomic E-state index is -0.333. The van der Waals surface area contributed by atoms with Crippen LogP contribution in [0.4, 0.5) is 0 Å². The van der Waals surface area contributed by atoms with E-state index in [0.29, 0.717) is 0 Å². The number of carbonyl (C=O) groups excluding carboxylic acids is 1. The lowest BCUT2D eigenvalue weighted by atomic mass is 10.1. The van der Waals surface area contributed by atoms with Crippen molar-refractivity contribution in [2.75, 3.05) is 0 Å². The number of amides is 1. The van der Waals surface area contributed by atoms with Crippen molar-refractivity contribution >= 4 is 5.91 Å². The Morgan fingerprint density at radius 1 is 1.57 bits per heavy atom. The van der Waals surface area contributed by atoms with Crippen LogP contribution < -0.4 is 5.73 Å². The van der Waals surface area contributed by atoms with E-state index in [1.807, 2.05) is 0 Å². The smallest absolute Gasteiger partial charge is 0.214 e. The van der Waals surface area contributed by atoms with E-state index >= 15 is 0 Å². The molecule has 0 aromatic rings. The van der Waals surface area contributed by atoms with Crippen LogP contribution in [0, 0.1) is 5.92 Å². The maximum Gasteiger partial charge on any atom is 0.214 e. The van der Waals surface area contributed by atoms with Crippen molar-refractivity contribution in [1.29, 1.82) is 0 Å². The molecule has 86 valence electrons. The fourth-order valence-electron chi connectivity index (χ4n) is 0.612. The molecule has 0 unspecified atom stereocenters. The third kappa shape index (κ3) is 122. The average molecular weight is 203 g/mol. The second-order valence-corrected chi connectivity index (χ2v) is 3.33. The van der Waals surface area contributed by atoms with E-state index in [9.17, 15) is 4.79 Å². The van der Waals surface area contributed by atoms with E-state index in [0.717, 1.165) is 12.2 Å². The van der Waals surface area contributed by atoms with Crippen LogP contribution in [-0.4, -0.2) is 11.0 Å². The fourth-order valence-corrected chi connectivity index (χ4v) is 0.612. The molecule has 0 aromatic carbocycles. The number of primary amides is 1. The Hall–Kier alpha value is -0.990. The molecule has 0 fully saturated rings. The number of aliphatic hydroxyl groups excluding tert-OH is 1. The Morgan fingerprint density at radius 3 is 1.93 bits per heavy atom. The minimum Gasteiger partial charge on any atom is -0.516 e. The average Bonchev–Trinajstić information content (AvgIpc) is 2.01. The highest BCUT2D eigenvalue weighted by Gasteiger charge is 1.88. The molecule has 0 rings (SSSR count). The third-order valence-corrected chi connectivity index (χ3v) is 1.14. The van der Waals surface area contributed by atoms with Gasteiger partial charge in [-0.2, -0.15) is 0 Å². The monoisotopic (exact) mass is 203 g/mol. The van der Waals surface area contributed by atoms with Crippen LogP contribution in [0.15, 0.2) is 12.8 Å². The van der Waals surface area contributed by atoms with Gasteiger partial charge in [-0.05, 0) is 5.92 Å². The summed E-state index contributed by atoms with van der Waals surface area (Å²) in [6.45, 7) is 11.0. The van der Waals surface area contributed by atoms with E-state index in [2.05, 4.69) is 33.1 Å². The third-order valence-electron chi connectivity index (χ3n) is 1.14. The van der Waals surface area contributed by atoms with Crippen molar-refractivity contribution in [3.63, 3.8) is 0 Å². The number of rotatable bonds is 3. The van der Waals surface area contributed by atoms with Gasteiger partial charge < -0.3 is 10.8 Å². The molecule has 3 nitrogen and oxygen atoms in total. The zero-order chi connectivity index (χ0) is 12.0. The first kappa shape index (κ1) is 18.7. The number of hydrogen-bond acceptors (Lipinski definition) is 2. The Morgan fingerprint density at radius 2 is 1.86 bits per heavy atom. The topological polar surface area (TPSA) is 63.3 Å². The summed E-state index contributed by atoms with van der Waals surface area (Å²) in [5, 5.41) is 7.33. The summed E-state index contributed by atoms with van der Waals surface area (Å²) in [6, 6.07) is 0. The molecule has 0 aliphatic heterocycles. The summed E-state index contributed by atoms with van der Waals surface area (Å²) in [5.74, 6) is 0.569. The second-order valence-electron chi connectivity index (χ2n) is 3.33. The van der Waals surface area contributed by atoms with Crippen molar-refractivity contribution in [2.45, 2.75) is 47.0 Å². The van der Waals surface area contributed by atoms with Gasteiger partial charge in [-0.25, -0.2) is 0 Å². The van der Waals surface area contributed by atoms with Gasteiger partial charge in [0.25, 0.3) is 0 Å². The molecular weight excluding hydrogens is 178 g/mol. The molecule has 3 N–H and O–H groups in total. The van der Waals surface area contributed by atoms with Crippen LogP contribution in [-0.2, 0) is 4.79 Å². The molecule has 0 bridgehead atoms. The molecule has 0 atom stereocenters. The van der Waals surface area contributed by atoms with Gasteiger partial charge in [0, 0.05) is 6.92 Å². The molecule has 0 aliphatic carbocycles.